The maximum atomic E-state index is 11.3. The Hall–Kier alpha value is -3.51. The number of rotatable bonds is 13. The summed E-state index contributed by atoms with van der Waals surface area (Å²) in [4.78, 5) is 13.5. The van der Waals surface area contributed by atoms with Crippen LogP contribution in [0.2, 0.25) is 0 Å². The van der Waals surface area contributed by atoms with E-state index >= 15 is 0 Å². The average molecular weight is 545 g/mol. The minimum atomic E-state index is -0.201. The molecule has 0 aliphatic rings. The van der Waals surface area contributed by atoms with E-state index in [0.29, 0.717) is 37.1 Å². The summed E-state index contributed by atoms with van der Waals surface area (Å²) in [6, 6.07) is 26.6. The van der Waals surface area contributed by atoms with Crippen LogP contribution in [0.1, 0.15) is 55.9 Å². The van der Waals surface area contributed by atoms with E-state index < -0.39 is 0 Å². The van der Waals surface area contributed by atoms with Crippen molar-refractivity contribution in [2.45, 2.75) is 53.2 Å². The molecule has 0 atom stereocenters. The van der Waals surface area contributed by atoms with Gasteiger partial charge in [-0.15, -0.1) is 0 Å². The van der Waals surface area contributed by atoms with Crippen molar-refractivity contribution < 1.29 is 14.3 Å². The Balaban J connectivity index is 1.55. The topological polar surface area (TPSA) is 62.6 Å². The molecule has 206 valence electrons. The first-order chi connectivity index (χ1) is 18.8. The largest absolute Gasteiger partial charge is 0.489 e. The van der Waals surface area contributed by atoms with Gasteiger partial charge in [0.05, 0.1) is 7.11 Å². The summed E-state index contributed by atoms with van der Waals surface area (Å²) < 4.78 is 10.7. The lowest BCUT2D eigenvalue weighted by Crippen LogP contribution is -2.29. The number of esters is 1. The number of nitrogens with zero attached hydrogens (tertiary/aromatic N) is 1. The van der Waals surface area contributed by atoms with Crippen LogP contribution in [-0.4, -0.2) is 29.7 Å². The van der Waals surface area contributed by atoms with E-state index in [4.69, 9.17) is 14.9 Å². The molecule has 0 amide bonds. The highest BCUT2D eigenvalue weighted by atomic mass is 32.2. The smallest absolute Gasteiger partial charge is 0.305 e. The normalized spacial score (nSPS) is 11.4. The molecule has 3 aromatic carbocycles. The predicted molar refractivity (Wildman–Crippen MR) is 163 cm³/mol. The highest BCUT2D eigenvalue weighted by Gasteiger charge is 2.12. The number of thioether (sulfide) groups is 1. The zero-order valence-electron chi connectivity index (χ0n) is 23.5. The number of allylic oxidation sites excluding steroid dienone is 1. The lowest BCUT2D eigenvalue weighted by molar-refractivity contribution is -0.140. The monoisotopic (exact) mass is 544 g/mol. The molecule has 0 saturated heterocycles. The van der Waals surface area contributed by atoms with Gasteiger partial charge in [0.2, 0.25) is 0 Å². The quantitative estimate of drug-likeness (QED) is 0.134. The number of nitrogens with one attached hydrogen (secondary N) is 1. The lowest BCUT2D eigenvalue weighted by Gasteiger charge is -2.25. The second-order valence-corrected chi connectivity index (χ2v) is 10.9. The molecular weight excluding hydrogens is 504 g/mol. The van der Waals surface area contributed by atoms with Crippen LogP contribution in [0.3, 0.4) is 0 Å². The zero-order chi connectivity index (χ0) is 28.0. The fourth-order valence-corrected chi connectivity index (χ4v) is 4.61. The van der Waals surface area contributed by atoms with Crippen molar-refractivity contribution in [3.05, 3.63) is 107 Å². The third kappa shape index (κ3) is 10.6. The van der Waals surface area contributed by atoms with E-state index in [1.54, 1.807) is 0 Å². The molecule has 1 N–H and O–H groups in total. The second-order valence-electron chi connectivity index (χ2n) is 10.0. The Labute approximate surface area is 237 Å². The van der Waals surface area contributed by atoms with Gasteiger partial charge in [0, 0.05) is 19.5 Å². The first-order valence-corrected chi connectivity index (χ1v) is 14.3. The van der Waals surface area contributed by atoms with Crippen LogP contribution >= 0.6 is 11.8 Å². The number of benzene rings is 3. The van der Waals surface area contributed by atoms with Gasteiger partial charge in [0.1, 0.15) is 12.4 Å². The van der Waals surface area contributed by atoms with E-state index in [0.717, 1.165) is 35.4 Å². The predicted octanol–water partition coefficient (Wildman–Crippen LogP) is 7.95. The highest BCUT2D eigenvalue weighted by molar-refractivity contribution is 8.16. The third-order valence-corrected chi connectivity index (χ3v) is 7.36. The van der Waals surface area contributed by atoms with Crippen LogP contribution < -0.4 is 4.74 Å². The Morgan fingerprint density at radius 2 is 1.59 bits per heavy atom. The Morgan fingerprint density at radius 3 is 2.23 bits per heavy atom. The molecule has 6 heteroatoms. The van der Waals surface area contributed by atoms with E-state index in [1.165, 1.54) is 30.0 Å². The van der Waals surface area contributed by atoms with Gasteiger partial charge in [0.15, 0.2) is 5.17 Å². The molecule has 0 bridgehead atoms. The summed E-state index contributed by atoms with van der Waals surface area (Å²) in [7, 11) is 1.41. The zero-order valence-corrected chi connectivity index (χ0v) is 24.3. The number of hydrogen-bond acceptors (Lipinski definition) is 5. The molecule has 39 heavy (non-hydrogen) atoms. The SMILES string of the molecule is COC(=O)CCc1ccc(OCc2ccc(CN(CCC(C)C)C(=N)S/C=C(\C)c3ccccc3)cc2)cc1. The first-order valence-electron chi connectivity index (χ1n) is 13.4. The van der Waals surface area contributed by atoms with Crippen molar-refractivity contribution in [1.29, 1.82) is 5.41 Å². The molecule has 0 radical (unpaired) electrons. The molecule has 3 aromatic rings. The Bertz CT molecular complexity index is 1210. The van der Waals surface area contributed by atoms with E-state index in [1.807, 2.05) is 42.5 Å². The number of carbonyl (C=O) groups is 1. The van der Waals surface area contributed by atoms with Crippen LogP contribution in [0.4, 0.5) is 0 Å². The van der Waals surface area contributed by atoms with Gasteiger partial charge in [-0.25, -0.2) is 0 Å². The van der Waals surface area contributed by atoms with E-state index in [2.05, 4.69) is 67.5 Å². The molecule has 0 heterocycles. The minimum absolute atomic E-state index is 0.201. The van der Waals surface area contributed by atoms with Crippen LogP contribution in [-0.2, 0) is 29.1 Å². The third-order valence-electron chi connectivity index (χ3n) is 6.41. The van der Waals surface area contributed by atoms with Crippen LogP contribution in [0.5, 0.6) is 5.75 Å². The number of amidine groups is 1. The molecule has 0 aliphatic heterocycles. The van der Waals surface area contributed by atoms with Crippen molar-refractivity contribution in [3.8, 4) is 5.75 Å². The second kappa shape index (κ2) is 15.8. The molecule has 0 aromatic heterocycles. The van der Waals surface area contributed by atoms with Gasteiger partial charge in [0.25, 0.3) is 0 Å². The van der Waals surface area contributed by atoms with Crippen molar-refractivity contribution in [3.63, 3.8) is 0 Å². The molecule has 5 nitrogen and oxygen atoms in total. The molecular formula is C33H40N2O3S. The van der Waals surface area contributed by atoms with E-state index in [9.17, 15) is 4.79 Å². The van der Waals surface area contributed by atoms with Crippen molar-refractivity contribution in [2.24, 2.45) is 5.92 Å². The molecule has 0 spiro atoms. The maximum Gasteiger partial charge on any atom is 0.305 e. The van der Waals surface area contributed by atoms with Crippen LogP contribution in [0.15, 0.2) is 84.3 Å². The number of hydrogen-bond donors (Lipinski definition) is 1. The molecule has 0 unspecified atom stereocenters. The average Bonchev–Trinajstić information content (AvgIpc) is 2.97. The molecule has 0 aliphatic carbocycles. The van der Waals surface area contributed by atoms with Gasteiger partial charge in [-0.3, -0.25) is 10.2 Å². The Morgan fingerprint density at radius 1 is 0.949 bits per heavy atom. The molecule has 0 saturated carbocycles. The summed E-state index contributed by atoms with van der Waals surface area (Å²) in [5.74, 6) is 1.17. The van der Waals surface area contributed by atoms with Gasteiger partial charge in [-0.1, -0.05) is 92.3 Å². The lowest BCUT2D eigenvalue weighted by atomic mass is 10.1. The summed E-state index contributed by atoms with van der Waals surface area (Å²) in [6.45, 7) is 8.56. The highest BCUT2D eigenvalue weighted by Crippen LogP contribution is 2.22. The fourth-order valence-electron chi connectivity index (χ4n) is 3.88. The first kappa shape index (κ1) is 30.0. The minimum Gasteiger partial charge on any atom is -0.489 e. The van der Waals surface area contributed by atoms with Gasteiger partial charge >= 0.3 is 5.97 Å². The summed E-state index contributed by atoms with van der Waals surface area (Å²) in [5, 5.41) is 11.4. The van der Waals surface area contributed by atoms with Gasteiger partial charge < -0.3 is 14.4 Å². The molecule has 3 rings (SSSR count). The van der Waals surface area contributed by atoms with Gasteiger partial charge in [-0.2, -0.15) is 0 Å². The number of ether oxygens (including phenoxy) is 2. The molecule has 0 fully saturated rings. The van der Waals surface area contributed by atoms with Crippen molar-refractivity contribution in [2.75, 3.05) is 13.7 Å². The number of carbonyl (C=O) groups excluding carboxylic acids is 1. The number of methoxy groups -OCH3 is 1. The van der Waals surface area contributed by atoms with Crippen LogP contribution in [0.25, 0.3) is 5.57 Å². The Kier molecular flexibility index (Phi) is 12.2. The number of aryl methyl sites for hydroxylation is 1. The van der Waals surface area contributed by atoms with Crippen LogP contribution in [0, 0.1) is 11.3 Å². The standard InChI is InChI=1S/C33H40N2O3S/c1-25(2)20-21-35(33(34)39-24-26(3)30-8-6-5-7-9-30)22-28-10-12-29(13-11-28)23-38-31-17-14-27(15-18-31)16-19-32(36)37-4/h5-15,17-18,24-25,34H,16,19-23H2,1-4H3/b26-24+,34-33?. The summed E-state index contributed by atoms with van der Waals surface area (Å²) in [5.41, 5.74) is 5.68. The fraction of sp³-hybridized carbons (Fsp3) is 0.333. The summed E-state index contributed by atoms with van der Waals surface area (Å²) >= 11 is 1.48. The van der Waals surface area contributed by atoms with Gasteiger partial charge in [-0.05, 0) is 71.1 Å². The maximum absolute atomic E-state index is 11.3. The van der Waals surface area contributed by atoms with E-state index in [-0.39, 0.29) is 5.97 Å². The van der Waals surface area contributed by atoms with Crippen molar-refractivity contribution >= 4 is 28.5 Å². The van der Waals surface area contributed by atoms with Crippen molar-refractivity contribution in [1.82, 2.24) is 4.90 Å². The summed E-state index contributed by atoms with van der Waals surface area (Å²) in [6.07, 6.45) is 2.07.